The second-order valence-corrected chi connectivity index (χ2v) is 7.89. The Labute approximate surface area is 189 Å². The maximum atomic E-state index is 14.0. The number of nitrogens with one attached hydrogen (secondary N) is 4. The first kappa shape index (κ1) is 22.8. The monoisotopic (exact) mass is 459 g/mol. The molecule has 33 heavy (non-hydrogen) atoms. The molecule has 174 valence electrons. The van der Waals surface area contributed by atoms with Gasteiger partial charge >= 0.3 is 6.18 Å². The molecule has 2 aliphatic heterocycles. The summed E-state index contributed by atoms with van der Waals surface area (Å²) in [7, 11) is 0. The van der Waals surface area contributed by atoms with Gasteiger partial charge in [-0.1, -0.05) is 31.7 Å². The molecule has 1 atom stereocenters. The van der Waals surface area contributed by atoms with E-state index in [0.29, 0.717) is 42.4 Å². The highest BCUT2D eigenvalue weighted by Gasteiger charge is 2.37. The van der Waals surface area contributed by atoms with Crippen LogP contribution in [-0.2, 0) is 6.18 Å². The van der Waals surface area contributed by atoms with Gasteiger partial charge in [0.1, 0.15) is 17.8 Å². The van der Waals surface area contributed by atoms with E-state index in [1.807, 2.05) is 6.92 Å². The summed E-state index contributed by atoms with van der Waals surface area (Å²) in [6.45, 7) is 7.76. The molecular formula is C24H25F4N5. The fourth-order valence-electron chi connectivity index (χ4n) is 3.93. The smallest absolute Gasteiger partial charge is 0.385 e. The highest BCUT2D eigenvalue weighted by Crippen LogP contribution is 2.36. The Morgan fingerprint density at radius 2 is 1.97 bits per heavy atom. The van der Waals surface area contributed by atoms with Gasteiger partial charge in [0, 0.05) is 53.4 Å². The summed E-state index contributed by atoms with van der Waals surface area (Å²) in [5.41, 5.74) is 2.52. The van der Waals surface area contributed by atoms with Crippen LogP contribution in [0.1, 0.15) is 36.2 Å². The van der Waals surface area contributed by atoms with Gasteiger partial charge < -0.3 is 21.3 Å². The highest BCUT2D eigenvalue weighted by atomic mass is 19.4. The molecule has 4 rings (SSSR count). The standard InChI is InChI=1S/C24H25F4N5/c1-3-10-30-20-9-8-15(25)11-17(20)14(2)31-23-18-12-29-13-21(18)32-22(33-23)16-6-4-5-7-19(16)24(26,27)28/h4-9,11,22,29-30,32H,2-3,10,12-13H2,1H3,(H,31,33). The van der Waals surface area contributed by atoms with E-state index in [1.165, 1.54) is 24.3 Å². The van der Waals surface area contributed by atoms with E-state index < -0.39 is 23.7 Å². The minimum Gasteiger partial charge on any atom is -0.385 e. The van der Waals surface area contributed by atoms with Gasteiger partial charge in [0.2, 0.25) is 0 Å². The zero-order valence-corrected chi connectivity index (χ0v) is 18.1. The maximum absolute atomic E-state index is 14.0. The number of nitrogens with zero attached hydrogens (tertiary/aromatic N) is 1. The predicted molar refractivity (Wildman–Crippen MR) is 122 cm³/mol. The van der Waals surface area contributed by atoms with E-state index in [1.54, 1.807) is 12.1 Å². The molecule has 0 saturated carbocycles. The number of hydrogen-bond acceptors (Lipinski definition) is 5. The van der Waals surface area contributed by atoms with Gasteiger partial charge in [-0.15, -0.1) is 0 Å². The zero-order valence-electron chi connectivity index (χ0n) is 18.1. The van der Waals surface area contributed by atoms with Crippen LogP contribution in [0.3, 0.4) is 0 Å². The van der Waals surface area contributed by atoms with Crippen molar-refractivity contribution in [2.45, 2.75) is 25.7 Å². The molecule has 9 heteroatoms. The minimum atomic E-state index is -4.50. The first-order valence-electron chi connectivity index (χ1n) is 10.7. The molecule has 0 spiro atoms. The fourth-order valence-corrected chi connectivity index (χ4v) is 3.93. The molecule has 0 saturated heterocycles. The van der Waals surface area contributed by atoms with Gasteiger partial charge in [0.15, 0.2) is 0 Å². The SMILES string of the molecule is C=C(NC1=NC(c2ccccc2C(F)(F)F)NC2=C1CNC2)c1cc(F)ccc1NCCC. The molecule has 0 aromatic heterocycles. The van der Waals surface area contributed by atoms with Crippen LogP contribution in [0.5, 0.6) is 0 Å². The molecule has 0 fully saturated rings. The maximum Gasteiger partial charge on any atom is 0.416 e. The summed E-state index contributed by atoms with van der Waals surface area (Å²) in [5, 5.41) is 12.7. The van der Waals surface area contributed by atoms with E-state index in [4.69, 9.17) is 0 Å². The molecule has 2 aromatic rings. The number of halogens is 4. The average Bonchev–Trinajstić information content (AvgIpc) is 3.26. The molecule has 4 N–H and O–H groups in total. The van der Waals surface area contributed by atoms with E-state index in [-0.39, 0.29) is 5.56 Å². The van der Waals surface area contributed by atoms with E-state index in [9.17, 15) is 17.6 Å². The summed E-state index contributed by atoms with van der Waals surface area (Å²) in [6.07, 6.45) is -4.55. The molecule has 1 unspecified atom stereocenters. The highest BCUT2D eigenvalue weighted by molar-refractivity contribution is 6.05. The first-order chi connectivity index (χ1) is 15.8. The first-order valence-corrected chi connectivity index (χ1v) is 10.7. The van der Waals surface area contributed by atoms with Gasteiger partial charge in [-0.25, -0.2) is 9.38 Å². The molecule has 0 aliphatic carbocycles. The molecular weight excluding hydrogens is 434 g/mol. The van der Waals surface area contributed by atoms with Gasteiger partial charge in [0.05, 0.1) is 5.56 Å². The largest absolute Gasteiger partial charge is 0.416 e. The van der Waals surface area contributed by atoms with E-state index >= 15 is 0 Å². The zero-order chi connectivity index (χ0) is 23.6. The van der Waals surface area contributed by atoms with Crippen LogP contribution in [0.15, 0.2) is 65.3 Å². The number of aliphatic imine (C=N–C) groups is 1. The van der Waals surface area contributed by atoms with Crippen LogP contribution in [0.25, 0.3) is 5.70 Å². The Bertz CT molecular complexity index is 1120. The molecule has 0 bridgehead atoms. The second-order valence-electron chi connectivity index (χ2n) is 7.89. The number of hydrogen-bond donors (Lipinski definition) is 4. The summed E-state index contributed by atoms with van der Waals surface area (Å²) in [4.78, 5) is 4.57. The normalized spacial score (nSPS) is 17.8. The van der Waals surface area contributed by atoms with E-state index in [2.05, 4.69) is 32.8 Å². The van der Waals surface area contributed by atoms with Crippen molar-refractivity contribution in [2.24, 2.45) is 4.99 Å². The Balaban J connectivity index is 1.68. The Morgan fingerprint density at radius 1 is 1.18 bits per heavy atom. The van der Waals surface area contributed by atoms with Crippen molar-refractivity contribution in [2.75, 3.05) is 25.0 Å². The fraction of sp³-hybridized carbons (Fsp3) is 0.292. The van der Waals surface area contributed by atoms with Gasteiger partial charge in [0.25, 0.3) is 0 Å². The molecule has 0 radical (unpaired) electrons. The van der Waals surface area contributed by atoms with Crippen LogP contribution in [0.4, 0.5) is 23.2 Å². The summed E-state index contributed by atoms with van der Waals surface area (Å²) in [5.74, 6) is -0.00639. The minimum absolute atomic E-state index is 0.0319. The van der Waals surface area contributed by atoms with Crippen LogP contribution >= 0.6 is 0 Å². The van der Waals surface area contributed by atoms with Crippen LogP contribution < -0.4 is 21.3 Å². The van der Waals surface area contributed by atoms with Crippen molar-refractivity contribution >= 4 is 17.2 Å². The Hall–Kier alpha value is -3.33. The van der Waals surface area contributed by atoms with Crippen molar-refractivity contribution in [3.05, 3.63) is 82.8 Å². The number of amidine groups is 1. The second kappa shape index (κ2) is 9.27. The lowest BCUT2D eigenvalue weighted by molar-refractivity contribution is -0.138. The third-order valence-corrected chi connectivity index (χ3v) is 5.53. The number of anilines is 1. The molecule has 2 aromatic carbocycles. The lowest BCUT2D eigenvalue weighted by Crippen LogP contribution is -2.35. The van der Waals surface area contributed by atoms with Crippen molar-refractivity contribution in [1.82, 2.24) is 16.0 Å². The van der Waals surface area contributed by atoms with Crippen LogP contribution in [0, 0.1) is 5.82 Å². The van der Waals surface area contributed by atoms with Crippen molar-refractivity contribution in [1.29, 1.82) is 0 Å². The van der Waals surface area contributed by atoms with Crippen molar-refractivity contribution in [3.63, 3.8) is 0 Å². The lowest BCUT2D eigenvalue weighted by atomic mass is 10.0. The quantitative estimate of drug-likeness (QED) is 0.470. The van der Waals surface area contributed by atoms with Crippen molar-refractivity contribution in [3.8, 4) is 0 Å². The molecule has 5 nitrogen and oxygen atoms in total. The number of alkyl halides is 3. The average molecular weight is 459 g/mol. The topological polar surface area (TPSA) is 60.5 Å². The lowest BCUT2D eigenvalue weighted by Gasteiger charge is -2.28. The third kappa shape index (κ3) is 4.88. The van der Waals surface area contributed by atoms with Gasteiger partial charge in [-0.2, -0.15) is 13.2 Å². The summed E-state index contributed by atoms with van der Waals surface area (Å²) >= 11 is 0. The Kier molecular flexibility index (Phi) is 6.42. The van der Waals surface area contributed by atoms with E-state index in [0.717, 1.165) is 23.8 Å². The molecule has 0 amide bonds. The summed E-state index contributed by atoms with van der Waals surface area (Å²) < 4.78 is 54.8. The van der Waals surface area contributed by atoms with Gasteiger partial charge in [-0.05, 0) is 30.7 Å². The van der Waals surface area contributed by atoms with Crippen LogP contribution in [-0.4, -0.2) is 25.5 Å². The number of benzene rings is 2. The molecule has 2 heterocycles. The van der Waals surface area contributed by atoms with Gasteiger partial charge in [-0.3, -0.25) is 0 Å². The van der Waals surface area contributed by atoms with Crippen molar-refractivity contribution < 1.29 is 17.6 Å². The summed E-state index contributed by atoms with van der Waals surface area (Å²) in [6, 6.07) is 9.76. The molecule has 2 aliphatic rings. The van der Waals surface area contributed by atoms with Crippen LogP contribution in [0.2, 0.25) is 0 Å². The predicted octanol–water partition coefficient (Wildman–Crippen LogP) is 4.78. The number of rotatable bonds is 6. The Morgan fingerprint density at radius 3 is 2.73 bits per heavy atom. The third-order valence-electron chi connectivity index (χ3n) is 5.53.